The molecule has 0 saturated heterocycles. The highest BCUT2D eigenvalue weighted by atomic mass is 16.6. The minimum atomic E-state index is -0.612. The number of nitrogens with one attached hydrogen (secondary N) is 2. The van der Waals surface area contributed by atoms with E-state index in [-0.39, 0.29) is 55.2 Å². The van der Waals surface area contributed by atoms with E-state index in [4.69, 9.17) is 9.26 Å². The Labute approximate surface area is 194 Å². The van der Waals surface area contributed by atoms with Gasteiger partial charge in [0.15, 0.2) is 12.4 Å². The van der Waals surface area contributed by atoms with Crippen LogP contribution in [-0.4, -0.2) is 56.4 Å². The van der Waals surface area contributed by atoms with Gasteiger partial charge in [0, 0.05) is 13.1 Å². The molecule has 2 amide bonds. The predicted octanol–water partition coefficient (Wildman–Crippen LogP) is 1.38. The third-order valence-electron chi connectivity index (χ3n) is 4.90. The zero-order chi connectivity index (χ0) is 24.8. The Bertz CT molecular complexity index is 1220. The van der Waals surface area contributed by atoms with Crippen molar-refractivity contribution >= 4 is 17.5 Å². The zero-order valence-corrected chi connectivity index (χ0v) is 19.2. The van der Waals surface area contributed by atoms with Crippen LogP contribution < -0.4 is 15.4 Å². The number of aromatic nitrogens is 4. The van der Waals surface area contributed by atoms with Gasteiger partial charge in [-0.2, -0.15) is 10.1 Å². The molecule has 3 rings (SSSR count). The van der Waals surface area contributed by atoms with Crippen LogP contribution in [-0.2, 0) is 11.3 Å². The maximum absolute atomic E-state index is 12.2. The first-order chi connectivity index (χ1) is 16.2. The first kappa shape index (κ1) is 24.4. The van der Waals surface area contributed by atoms with Crippen molar-refractivity contribution in [1.29, 1.82) is 0 Å². The van der Waals surface area contributed by atoms with Crippen molar-refractivity contribution < 1.29 is 23.8 Å². The molecule has 0 spiro atoms. The molecule has 0 aliphatic carbocycles. The van der Waals surface area contributed by atoms with E-state index in [1.165, 1.54) is 11.6 Å². The number of carbonyl (C=O) groups is 2. The van der Waals surface area contributed by atoms with Crippen molar-refractivity contribution in [1.82, 2.24) is 30.6 Å². The van der Waals surface area contributed by atoms with Crippen LogP contribution in [0, 0.1) is 37.8 Å². The van der Waals surface area contributed by atoms with Gasteiger partial charge < -0.3 is 19.9 Å². The van der Waals surface area contributed by atoms with Gasteiger partial charge in [0.25, 0.3) is 5.91 Å². The highest BCUT2D eigenvalue weighted by Crippen LogP contribution is 2.22. The van der Waals surface area contributed by atoms with Crippen LogP contribution in [0.3, 0.4) is 0 Å². The molecule has 0 unspecified atom stereocenters. The first-order valence-corrected chi connectivity index (χ1v) is 10.4. The molecular formula is C21H25N7O6. The first-order valence-electron chi connectivity index (χ1n) is 10.4. The molecule has 0 atom stereocenters. The summed E-state index contributed by atoms with van der Waals surface area (Å²) in [5, 5.41) is 24.1. The maximum Gasteiger partial charge on any atom is 0.316 e. The van der Waals surface area contributed by atoms with Crippen LogP contribution >= 0.6 is 0 Å². The van der Waals surface area contributed by atoms with Gasteiger partial charge in [-0.25, -0.2) is 0 Å². The second-order valence-electron chi connectivity index (χ2n) is 7.61. The second kappa shape index (κ2) is 10.6. The van der Waals surface area contributed by atoms with Crippen molar-refractivity contribution in [3.05, 3.63) is 62.5 Å². The Morgan fingerprint density at radius 3 is 2.59 bits per heavy atom. The number of aryl methyl sites for hydroxylation is 3. The average molecular weight is 471 g/mol. The van der Waals surface area contributed by atoms with Gasteiger partial charge in [-0.15, -0.1) is 0 Å². The third-order valence-corrected chi connectivity index (χ3v) is 4.90. The molecule has 2 heterocycles. The summed E-state index contributed by atoms with van der Waals surface area (Å²) in [4.78, 5) is 38.7. The number of hydrogen-bond donors (Lipinski definition) is 2. The summed E-state index contributed by atoms with van der Waals surface area (Å²) in [5.41, 5.74) is 2.58. The summed E-state index contributed by atoms with van der Waals surface area (Å²) in [6.07, 6.45) is 0. The van der Waals surface area contributed by atoms with Gasteiger partial charge in [-0.3, -0.25) is 24.4 Å². The van der Waals surface area contributed by atoms with E-state index in [1.54, 1.807) is 6.92 Å². The Kier molecular flexibility index (Phi) is 7.56. The van der Waals surface area contributed by atoms with Crippen LogP contribution in [0.1, 0.15) is 39.0 Å². The van der Waals surface area contributed by atoms with Crippen LogP contribution in [0.15, 0.2) is 22.7 Å². The molecule has 34 heavy (non-hydrogen) atoms. The minimum Gasteiger partial charge on any atom is -0.484 e. The number of hydrogen-bond acceptors (Lipinski definition) is 9. The second-order valence-corrected chi connectivity index (χ2v) is 7.61. The predicted molar refractivity (Wildman–Crippen MR) is 119 cm³/mol. The van der Waals surface area contributed by atoms with Gasteiger partial charge in [0.1, 0.15) is 23.7 Å². The van der Waals surface area contributed by atoms with E-state index >= 15 is 0 Å². The number of benzene rings is 1. The van der Waals surface area contributed by atoms with Gasteiger partial charge in [0.2, 0.25) is 0 Å². The molecule has 0 aliphatic heterocycles. The van der Waals surface area contributed by atoms with Crippen LogP contribution in [0.25, 0.3) is 0 Å². The molecule has 180 valence electrons. The van der Waals surface area contributed by atoms with E-state index in [0.29, 0.717) is 11.4 Å². The minimum absolute atomic E-state index is 0.00775. The molecule has 13 heteroatoms. The smallest absolute Gasteiger partial charge is 0.316 e. The fourth-order valence-electron chi connectivity index (χ4n) is 3.26. The Morgan fingerprint density at radius 2 is 1.91 bits per heavy atom. The highest BCUT2D eigenvalue weighted by molar-refractivity contribution is 5.89. The quantitative estimate of drug-likeness (QED) is 0.252. The van der Waals surface area contributed by atoms with Crippen molar-refractivity contribution in [3.63, 3.8) is 0 Å². The fourth-order valence-corrected chi connectivity index (χ4v) is 3.26. The van der Waals surface area contributed by atoms with Gasteiger partial charge in [-0.05, 0) is 39.3 Å². The van der Waals surface area contributed by atoms with Crippen LogP contribution in [0.2, 0.25) is 0 Å². The molecule has 0 radical (unpaired) electrons. The largest absolute Gasteiger partial charge is 0.484 e. The number of ether oxygens (including phenoxy) is 1. The van der Waals surface area contributed by atoms with E-state index < -0.39 is 10.8 Å². The number of carbonyl (C=O) groups excluding carboxylic acids is 2. The summed E-state index contributed by atoms with van der Waals surface area (Å²) < 4.78 is 11.8. The van der Waals surface area contributed by atoms with E-state index in [1.807, 2.05) is 32.0 Å². The monoisotopic (exact) mass is 471 g/mol. The summed E-state index contributed by atoms with van der Waals surface area (Å²) >= 11 is 0. The standard InChI is InChI=1S/C21H25N7O6/c1-12-5-6-16(13(2)9-12)33-11-18(29)22-7-8-23-20(30)21-24-17(26-34-21)10-27-15(4)19(28(31)32)14(3)25-27/h5-6,9H,7-8,10-11H2,1-4H3,(H,22,29)(H,23,30). The van der Waals surface area contributed by atoms with E-state index in [9.17, 15) is 19.7 Å². The van der Waals surface area contributed by atoms with Crippen molar-refractivity contribution in [2.24, 2.45) is 0 Å². The highest BCUT2D eigenvalue weighted by Gasteiger charge is 2.23. The molecular weight excluding hydrogens is 446 g/mol. The van der Waals surface area contributed by atoms with Gasteiger partial charge in [-0.1, -0.05) is 22.9 Å². The number of nitro groups is 1. The summed E-state index contributed by atoms with van der Waals surface area (Å²) in [5.74, 6) is -0.429. The Balaban J connectivity index is 1.42. The van der Waals surface area contributed by atoms with Crippen molar-refractivity contribution in [3.8, 4) is 5.75 Å². The van der Waals surface area contributed by atoms with E-state index in [0.717, 1.165) is 11.1 Å². The SMILES string of the molecule is Cc1ccc(OCC(=O)NCCNC(=O)c2nc(Cn3nc(C)c([N+](=O)[O-])c3C)no2)c(C)c1. The molecule has 13 nitrogen and oxygen atoms in total. The van der Waals surface area contributed by atoms with Crippen molar-refractivity contribution in [2.75, 3.05) is 19.7 Å². The summed E-state index contributed by atoms with van der Waals surface area (Å²) in [7, 11) is 0. The lowest BCUT2D eigenvalue weighted by atomic mass is 10.1. The third kappa shape index (κ3) is 5.94. The zero-order valence-electron chi connectivity index (χ0n) is 19.2. The lowest BCUT2D eigenvalue weighted by molar-refractivity contribution is -0.386. The molecule has 0 bridgehead atoms. The molecule has 0 saturated carbocycles. The molecule has 0 aliphatic rings. The fraction of sp³-hybridized carbons (Fsp3) is 0.381. The molecule has 3 aromatic rings. The van der Waals surface area contributed by atoms with Crippen LogP contribution in [0.4, 0.5) is 5.69 Å². The lowest BCUT2D eigenvalue weighted by Crippen LogP contribution is -2.36. The summed E-state index contributed by atoms with van der Waals surface area (Å²) in [6, 6.07) is 5.68. The molecule has 2 N–H and O–H groups in total. The van der Waals surface area contributed by atoms with Gasteiger partial charge >= 0.3 is 17.5 Å². The van der Waals surface area contributed by atoms with Crippen LogP contribution in [0.5, 0.6) is 5.75 Å². The molecule has 1 aromatic carbocycles. The van der Waals surface area contributed by atoms with E-state index in [2.05, 4.69) is 25.9 Å². The number of rotatable bonds is 10. The average Bonchev–Trinajstić information content (AvgIpc) is 3.34. The topological polar surface area (TPSA) is 167 Å². The Morgan fingerprint density at radius 1 is 1.18 bits per heavy atom. The van der Waals surface area contributed by atoms with Crippen molar-refractivity contribution in [2.45, 2.75) is 34.2 Å². The number of amides is 2. The summed E-state index contributed by atoms with van der Waals surface area (Å²) in [6.45, 7) is 7.15. The number of nitrogens with zero attached hydrogens (tertiary/aromatic N) is 5. The molecule has 0 fully saturated rings. The maximum atomic E-state index is 12.2. The Hall–Kier alpha value is -4.29. The van der Waals surface area contributed by atoms with Gasteiger partial charge in [0.05, 0.1) is 4.92 Å². The normalized spacial score (nSPS) is 10.7. The lowest BCUT2D eigenvalue weighted by Gasteiger charge is -2.10. The molecule has 2 aromatic heterocycles.